The Bertz CT molecular complexity index is 3040. The van der Waals surface area contributed by atoms with Crippen molar-refractivity contribution in [3.63, 3.8) is 0 Å². The number of ether oxygens (including phenoxy) is 1. The monoisotopic (exact) mass is 807 g/mol. The Balaban J connectivity index is 1.09. The van der Waals surface area contributed by atoms with Crippen LogP contribution >= 0.6 is 0 Å². The first-order valence-corrected chi connectivity index (χ1v) is 21.8. The molecule has 5 aromatic carbocycles. The van der Waals surface area contributed by atoms with Gasteiger partial charge in [0, 0.05) is 39.3 Å². The largest absolute Gasteiger partial charge is 0.485 e. The first-order chi connectivity index (χ1) is 30.7. The smallest absolute Gasteiger partial charge is 0.169 e. The minimum atomic E-state index is -0.383. The minimum Gasteiger partial charge on any atom is -0.485 e. The van der Waals surface area contributed by atoms with Gasteiger partial charge in [0.15, 0.2) is 6.17 Å². The fourth-order valence-corrected chi connectivity index (χ4v) is 9.80. The lowest BCUT2D eigenvalue weighted by molar-refractivity contribution is 0.269. The van der Waals surface area contributed by atoms with Gasteiger partial charge in [0.25, 0.3) is 0 Å². The summed E-state index contributed by atoms with van der Waals surface area (Å²) in [4.78, 5) is 16.2. The lowest BCUT2D eigenvalue weighted by Crippen LogP contribution is -2.45. The molecule has 0 saturated carbocycles. The van der Waals surface area contributed by atoms with Crippen molar-refractivity contribution in [1.82, 2.24) is 20.5 Å². The van der Waals surface area contributed by atoms with Gasteiger partial charge in [0.2, 0.25) is 0 Å². The van der Waals surface area contributed by atoms with Gasteiger partial charge in [0.05, 0.1) is 16.7 Å². The van der Waals surface area contributed by atoms with Crippen LogP contribution in [0.2, 0.25) is 0 Å². The molecule has 3 aliphatic heterocycles. The maximum Gasteiger partial charge on any atom is 0.169 e. The summed E-state index contributed by atoms with van der Waals surface area (Å²) in [6, 6.07) is 40.9. The second kappa shape index (κ2) is 15.3. The third-order valence-electron chi connectivity index (χ3n) is 12.8. The van der Waals surface area contributed by atoms with Gasteiger partial charge in [-0.1, -0.05) is 146 Å². The van der Waals surface area contributed by atoms with Crippen LogP contribution in [0.15, 0.2) is 203 Å². The molecule has 4 heterocycles. The minimum absolute atomic E-state index is 0.0486. The lowest BCUT2D eigenvalue weighted by atomic mass is 9.90. The second-order valence-electron chi connectivity index (χ2n) is 16.6. The third-order valence-corrected chi connectivity index (χ3v) is 12.8. The number of allylic oxidation sites excluding steroid dienone is 7. The number of benzene rings is 5. The summed E-state index contributed by atoms with van der Waals surface area (Å²) in [7, 11) is 0. The van der Waals surface area contributed by atoms with Gasteiger partial charge in [-0.3, -0.25) is 5.32 Å². The maximum atomic E-state index is 6.65. The van der Waals surface area contributed by atoms with Gasteiger partial charge < -0.3 is 19.9 Å². The van der Waals surface area contributed by atoms with Crippen LogP contribution in [0.1, 0.15) is 65.3 Å². The molecule has 1 aromatic heterocycles. The first-order valence-electron chi connectivity index (χ1n) is 21.8. The highest BCUT2D eigenvalue weighted by Gasteiger charge is 2.37. The van der Waals surface area contributed by atoms with E-state index < -0.39 is 0 Å². The number of aromatic nitrogens is 1. The van der Waals surface area contributed by atoms with E-state index in [1.807, 2.05) is 6.07 Å². The average Bonchev–Trinajstić information content (AvgIpc) is 3.90. The molecule has 6 atom stereocenters. The zero-order valence-electron chi connectivity index (χ0n) is 34.1. The van der Waals surface area contributed by atoms with Crippen molar-refractivity contribution in [3.8, 4) is 11.4 Å². The normalized spacial score (nSPS) is 24.6. The van der Waals surface area contributed by atoms with Crippen LogP contribution < -0.4 is 20.7 Å². The summed E-state index contributed by atoms with van der Waals surface area (Å²) in [6.45, 7) is 0. The Labute approximate surface area is 360 Å². The van der Waals surface area contributed by atoms with E-state index in [9.17, 15) is 0 Å². The van der Waals surface area contributed by atoms with E-state index in [1.165, 1.54) is 16.3 Å². The Morgan fingerprint density at radius 3 is 2.37 bits per heavy atom. The second-order valence-corrected chi connectivity index (χ2v) is 16.6. The van der Waals surface area contributed by atoms with Gasteiger partial charge in [-0.15, -0.1) is 0 Å². The molecule has 8 heteroatoms. The molecule has 12 rings (SSSR count). The molecule has 0 amide bonds. The standard InChI is InChI=1S/C54H45N7O/c1-5-17-34(18-6-1)49-55-50(35-19-7-2-8-20-35)58-53(57-49)38-29-31-44(42(33-38)54-59-51(36-21-9-3-10-22-36)56-52(60-54)37-23-11-4-12-24-37)61-43-27-15-13-25-39(43)40-30-32-46-47(48(40)61)41-26-14-16-28-45(41)62-46/h1-3,5-11,13-21,23-33,36,41,45,49,52-53,57H,4,12,22H2,(H,55,58)(H,56,59,60). The van der Waals surface area contributed by atoms with Gasteiger partial charge in [-0.25, -0.2) is 15.0 Å². The summed E-state index contributed by atoms with van der Waals surface area (Å²) in [5, 5.41) is 13.8. The number of nitrogens with one attached hydrogen (secondary N) is 3. The van der Waals surface area contributed by atoms with Crippen LogP contribution in [0.4, 0.5) is 0 Å². The Morgan fingerprint density at radius 2 is 1.52 bits per heavy atom. The molecule has 302 valence electrons. The Hall–Kier alpha value is -7.29. The number of nitrogens with zero attached hydrogens (tertiary/aromatic N) is 4. The molecule has 0 saturated heterocycles. The highest BCUT2D eigenvalue weighted by Crippen LogP contribution is 2.48. The molecule has 0 spiro atoms. The average molecular weight is 808 g/mol. The summed E-state index contributed by atoms with van der Waals surface area (Å²) >= 11 is 0. The Kier molecular flexibility index (Phi) is 9.03. The SMILES string of the molecule is C1=CCC(C2=NC(C3=CCCC=C3)N=C(c3cc(C4N=C(c5ccccc5)NC(c5ccccc5)N4)ccc3-n3c4ccccc4c4ccc5c(c43)C3C=CC=CC3O5)N2)C=C1. The molecule has 0 radical (unpaired) electrons. The number of amidine groups is 3. The van der Waals surface area contributed by atoms with Crippen molar-refractivity contribution in [3.05, 3.63) is 215 Å². The number of aliphatic imine (C=N–C) groups is 3. The van der Waals surface area contributed by atoms with Crippen molar-refractivity contribution >= 4 is 39.3 Å². The first kappa shape index (κ1) is 36.6. The van der Waals surface area contributed by atoms with Crippen LogP contribution in [0.25, 0.3) is 27.5 Å². The molecular formula is C54H45N7O. The molecule has 0 fully saturated rings. The fourth-order valence-electron chi connectivity index (χ4n) is 9.80. The van der Waals surface area contributed by atoms with E-state index >= 15 is 0 Å². The number of hydrogen-bond donors (Lipinski definition) is 3. The van der Waals surface area contributed by atoms with Crippen molar-refractivity contribution in [2.24, 2.45) is 20.9 Å². The van der Waals surface area contributed by atoms with E-state index in [1.54, 1.807) is 0 Å². The predicted molar refractivity (Wildman–Crippen MR) is 251 cm³/mol. The zero-order chi connectivity index (χ0) is 41.0. The van der Waals surface area contributed by atoms with Crippen molar-refractivity contribution in [1.29, 1.82) is 0 Å². The summed E-state index contributed by atoms with van der Waals surface area (Å²) in [5.74, 6) is 3.66. The molecular weight excluding hydrogens is 763 g/mol. The summed E-state index contributed by atoms with van der Waals surface area (Å²) in [6.07, 6.45) is 26.0. The summed E-state index contributed by atoms with van der Waals surface area (Å²) < 4.78 is 9.10. The van der Waals surface area contributed by atoms with Gasteiger partial charge in [0.1, 0.15) is 41.7 Å². The van der Waals surface area contributed by atoms with Crippen LogP contribution in [-0.4, -0.2) is 34.3 Å². The quantitative estimate of drug-likeness (QED) is 0.150. The highest BCUT2D eigenvalue weighted by atomic mass is 16.5. The molecule has 0 bridgehead atoms. The van der Waals surface area contributed by atoms with Crippen LogP contribution in [0, 0.1) is 5.92 Å². The van der Waals surface area contributed by atoms with Crippen LogP contribution in [0.3, 0.4) is 0 Å². The van der Waals surface area contributed by atoms with Crippen LogP contribution in [0.5, 0.6) is 5.75 Å². The molecule has 6 unspecified atom stereocenters. The van der Waals surface area contributed by atoms with Crippen molar-refractivity contribution in [2.45, 2.75) is 49.8 Å². The maximum absolute atomic E-state index is 6.65. The number of fused-ring (bicyclic) bond motifs is 7. The van der Waals surface area contributed by atoms with E-state index in [2.05, 4.69) is 197 Å². The molecule has 3 aliphatic carbocycles. The molecule has 62 heavy (non-hydrogen) atoms. The summed E-state index contributed by atoms with van der Waals surface area (Å²) in [5.41, 5.74) is 9.79. The van der Waals surface area contributed by atoms with Crippen molar-refractivity contribution in [2.75, 3.05) is 0 Å². The number of para-hydroxylation sites is 1. The zero-order valence-corrected chi connectivity index (χ0v) is 34.1. The van der Waals surface area contributed by atoms with E-state index in [0.717, 1.165) is 87.1 Å². The van der Waals surface area contributed by atoms with Gasteiger partial charge in [-0.2, -0.15) is 0 Å². The fraction of sp³-hybridized carbons (Fsp3) is 0.167. The third kappa shape index (κ3) is 6.37. The number of hydrogen-bond acceptors (Lipinski definition) is 7. The molecule has 6 aromatic rings. The predicted octanol–water partition coefficient (Wildman–Crippen LogP) is 10.6. The van der Waals surface area contributed by atoms with Gasteiger partial charge in [-0.05, 0) is 72.4 Å². The highest BCUT2D eigenvalue weighted by molar-refractivity contribution is 6.16. The van der Waals surface area contributed by atoms with E-state index in [0.29, 0.717) is 0 Å². The van der Waals surface area contributed by atoms with Crippen LogP contribution in [-0.2, 0) is 0 Å². The molecule has 6 aliphatic rings. The van der Waals surface area contributed by atoms with Crippen molar-refractivity contribution < 1.29 is 4.74 Å². The van der Waals surface area contributed by atoms with E-state index in [-0.39, 0.29) is 36.4 Å². The van der Waals surface area contributed by atoms with Gasteiger partial charge >= 0.3 is 0 Å². The Morgan fingerprint density at radius 1 is 0.677 bits per heavy atom. The molecule has 8 nitrogen and oxygen atoms in total. The molecule has 3 N–H and O–H groups in total. The lowest BCUT2D eigenvalue weighted by Gasteiger charge is -2.33. The topological polar surface area (TPSA) is 87.3 Å². The van der Waals surface area contributed by atoms with E-state index in [4.69, 9.17) is 19.7 Å². The number of rotatable bonds is 7.